The fourth-order valence-electron chi connectivity index (χ4n) is 7.96. The summed E-state index contributed by atoms with van der Waals surface area (Å²) < 4.78 is 6.46. The second-order valence-electron chi connectivity index (χ2n) is 13.7. The summed E-state index contributed by atoms with van der Waals surface area (Å²) in [6.07, 6.45) is 0. The first-order valence-electron chi connectivity index (χ1n) is 18.4. The molecular weight excluding hydrogens is 655 g/mol. The van der Waals surface area contributed by atoms with Gasteiger partial charge in [-0.3, -0.25) is 0 Å². The van der Waals surface area contributed by atoms with Crippen molar-refractivity contribution in [2.75, 3.05) is 4.90 Å². The van der Waals surface area contributed by atoms with Crippen LogP contribution in [0.25, 0.3) is 77.2 Å². The molecule has 9 aromatic carbocycles. The predicted octanol–water partition coefficient (Wildman–Crippen LogP) is 14.9. The van der Waals surface area contributed by atoms with Gasteiger partial charge in [-0.15, -0.1) is 0 Å². The van der Waals surface area contributed by atoms with E-state index in [2.05, 4.69) is 211 Å². The van der Waals surface area contributed by atoms with Crippen LogP contribution in [-0.2, 0) is 0 Å². The first kappa shape index (κ1) is 31.6. The summed E-state index contributed by atoms with van der Waals surface area (Å²) in [6.45, 7) is 0. The lowest BCUT2D eigenvalue weighted by atomic mass is 9.86. The van der Waals surface area contributed by atoms with Crippen molar-refractivity contribution in [3.8, 4) is 44.5 Å². The summed E-state index contributed by atoms with van der Waals surface area (Å²) in [5.41, 5.74) is 14.4. The molecule has 0 saturated heterocycles. The van der Waals surface area contributed by atoms with Gasteiger partial charge in [0, 0.05) is 16.6 Å². The van der Waals surface area contributed by atoms with Crippen LogP contribution in [0.2, 0.25) is 0 Å². The molecule has 10 aromatic rings. The molecule has 0 N–H and O–H groups in total. The number of nitrogens with zero attached hydrogens (tertiary/aromatic N) is 1. The van der Waals surface area contributed by atoms with Crippen molar-refractivity contribution >= 4 is 49.8 Å². The zero-order chi connectivity index (χ0) is 35.8. The molecule has 0 spiro atoms. The monoisotopic (exact) mass is 689 g/mol. The minimum Gasteiger partial charge on any atom is -0.456 e. The van der Waals surface area contributed by atoms with Crippen LogP contribution in [0.4, 0.5) is 17.1 Å². The Morgan fingerprint density at radius 3 is 1.76 bits per heavy atom. The van der Waals surface area contributed by atoms with Gasteiger partial charge < -0.3 is 9.32 Å². The lowest BCUT2D eigenvalue weighted by Crippen LogP contribution is -2.12. The molecule has 2 heteroatoms. The Bertz CT molecular complexity index is 2940. The summed E-state index contributed by atoms with van der Waals surface area (Å²) in [7, 11) is 0. The molecular formula is C52H35NO. The molecule has 0 aliphatic rings. The van der Waals surface area contributed by atoms with Crippen LogP contribution >= 0.6 is 0 Å². The third-order valence-electron chi connectivity index (χ3n) is 10.5. The van der Waals surface area contributed by atoms with Gasteiger partial charge in [-0.2, -0.15) is 0 Å². The van der Waals surface area contributed by atoms with E-state index in [1.807, 2.05) is 6.07 Å². The molecule has 1 aromatic heterocycles. The summed E-state index contributed by atoms with van der Waals surface area (Å²) in [5.74, 6) is 0. The maximum absolute atomic E-state index is 6.46. The SMILES string of the molecule is c1ccc(-c2ccc(-c3ccccc3N(c3ccc4ccccc4c3)c3cccc4oc5ccccc5c34)c(-c3ccccc3-c3ccccc3)c2)cc1. The van der Waals surface area contributed by atoms with Gasteiger partial charge in [-0.05, 0) is 92.2 Å². The van der Waals surface area contributed by atoms with Crippen molar-refractivity contribution < 1.29 is 4.42 Å². The van der Waals surface area contributed by atoms with E-state index in [1.54, 1.807) is 0 Å². The Labute approximate surface area is 314 Å². The highest BCUT2D eigenvalue weighted by Gasteiger charge is 2.24. The molecule has 0 aliphatic carbocycles. The Morgan fingerprint density at radius 1 is 0.315 bits per heavy atom. The first-order chi connectivity index (χ1) is 26.8. The quantitative estimate of drug-likeness (QED) is 0.166. The van der Waals surface area contributed by atoms with E-state index >= 15 is 0 Å². The van der Waals surface area contributed by atoms with Crippen LogP contribution in [0.5, 0.6) is 0 Å². The minimum atomic E-state index is 0.863. The standard InChI is InChI=1S/C52H35NO/c1-3-16-36(17-4-1)40-31-33-44(47(35-40)43-23-10-9-22-42(43)38-19-5-2-6-20-38)45-24-11-13-26-48(45)53(41-32-30-37-18-7-8-21-39(37)34-41)49-27-15-29-51-52(49)46-25-12-14-28-50(46)54-51/h1-35H. The molecule has 2 nitrogen and oxygen atoms in total. The van der Waals surface area contributed by atoms with Gasteiger partial charge in [0.15, 0.2) is 0 Å². The second kappa shape index (κ2) is 13.4. The van der Waals surface area contributed by atoms with Gasteiger partial charge in [0.05, 0.1) is 16.8 Å². The zero-order valence-electron chi connectivity index (χ0n) is 29.6. The van der Waals surface area contributed by atoms with Gasteiger partial charge in [0.25, 0.3) is 0 Å². The van der Waals surface area contributed by atoms with Crippen LogP contribution in [-0.4, -0.2) is 0 Å². The van der Waals surface area contributed by atoms with E-state index in [-0.39, 0.29) is 0 Å². The molecule has 54 heavy (non-hydrogen) atoms. The maximum Gasteiger partial charge on any atom is 0.137 e. The number of para-hydroxylation sites is 2. The van der Waals surface area contributed by atoms with E-state index in [9.17, 15) is 0 Å². The Hall–Kier alpha value is -7.16. The molecule has 0 unspecified atom stereocenters. The minimum absolute atomic E-state index is 0.863. The van der Waals surface area contributed by atoms with E-state index in [0.717, 1.165) is 50.1 Å². The van der Waals surface area contributed by atoms with Crippen molar-refractivity contribution in [2.45, 2.75) is 0 Å². The summed E-state index contributed by atoms with van der Waals surface area (Å²) in [6, 6.07) is 76.0. The molecule has 0 saturated carbocycles. The van der Waals surface area contributed by atoms with E-state index in [4.69, 9.17) is 4.42 Å². The first-order valence-corrected chi connectivity index (χ1v) is 18.4. The van der Waals surface area contributed by atoms with E-state index in [1.165, 1.54) is 44.2 Å². The average molecular weight is 690 g/mol. The third kappa shape index (κ3) is 5.53. The maximum atomic E-state index is 6.46. The molecule has 0 bridgehead atoms. The topological polar surface area (TPSA) is 16.4 Å². The van der Waals surface area contributed by atoms with E-state index < -0.39 is 0 Å². The predicted molar refractivity (Wildman–Crippen MR) is 228 cm³/mol. The lowest BCUT2D eigenvalue weighted by Gasteiger charge is -2.29. The largest absolute Gasteiger partial charge is 0.456 e. The summed E-state index contributed by atoms with van der Waals surface area (Å²) in [4.78, 5) is 2.42. The van der Waals surface area contributed by atoms with Crippen LogP contribution in [0.15, 0.2) is 217 Å². The second-order valence-corrected chi connectivity index (χ2v) is 13.7. The van der Waals surface area contributed by atoms with Crippen molar-refractivity contribution in [2.24, 2.45) is 0 Å². The molecule has 254 valence electrons. The van der Waals surface area contributed by atoms with E-state index in [0.29, 0.717) is 0 Å². The molecule has 0 aliphatic heterocycles. The van der Waals surface area contributed by atoms with Gasteiger partial charge in [-0.1, -0.05) is 170 Å². The number of rotatable bonds is 7. The number of anilines is 3. The Kier molecular flexibility index (Phi) is 7.85. The summed E-state index contributed by atoms with van der Waals surface area (Å²) >= 11 is 0. The molecule has 0 fully saturated rings. The molecule has 0 amide bonds. The Morgan fingerprint density at radius 2 is 0.926 bits per heavy atom. The van der Waals surface area contributed by atoms with Gasteiger partial charge in [-0.25, -0.2) is 0 Å². The van der Waals surface area contributed by atoms with Gasteiger partial charge >= 0.3 is 0 Å². The van der Waals surface area contributed by atoms with Crippen molar-refractivity contribution in [3.63, 3.8) is 0 Å². The normalized spacial score (nSPS) is 11.3. The van der Waals surface area contributed by atoms with Gasteiger partial charge in [0.1, 0.15) is 11.2 Å². The molecule has 10 rings (SSSR count). The molecule has 1 heterocycles. The van der Waals surface area contributed by atoms with Crippen molar-refractivity contribution in [1.29, 1.82) is 0 Å². The van der Waals surface area contributed by atoms with Crippen molar-refractivity contribution in [3.05, 3.63) is 212 Å². The van der Waals surface area contributed by atoms with Crippen LogP contribution in [0.3, 0.4) is 0 Å². The van der Waals surface area contributed by atoms with Crippen molar-refractivity contribution in [1.82, 2.24) is 0 Å². The fraction of sp³-hybridized carbons (Fsp3) is 0. The highest BCUT2D eigenvalue weighted by atomic mass is 16.3. The molecule has 0 radical (unpaired) electrons. The van der Waals surface area contributed by atoms with Crippen LogP contribution in [0, 0.1) is 0 Å². The zero-order valence-corrected chi connectivity index (χ0v) is 29.6. The highest BCUT2D eigenvalue weighted by molar-refractivity contribution is 6.14. The smallest absolute Gasteiger partial charge is 0.137 e. The van der Waals surface area contributed by atoms with Gasteiger partial charge in [0.2, 0.25) is 0 Å². The lowest BCUT2D eigenvalue weighted by molar-refractivity contribution is 0.669. The number of furan rings is 1. The number of hydrogen-bond donors (Lipinski definition) is 0. The third-order valence-corrected chi connectivity index (χ3v) is 10.5. The molecule has 0 atom stereocenters. The number of fused-ring (bicyclic) bond motifs is 4. The average Bonchev–Trinajstić information content (AvgIpc) is 3.64. The number of hydrogen-bond acceptors (Lipinski definition) is 2. The van der Waals surface area contributed by atoms with Crippen LogP contribution in [0.1, 0.15) is 0 Å². The fourth-order valence-corrected chi connectivity index (χ4v) is 7.96. The summed E-state index contributed by atoms with van der Waals surface area (Å²) in [5, 5.41) is 4.57. The highest BCUT2D eigenvalue weighted by Crippen LogP contribution is 2.49. The Balaban J connectivity index is 1.26. The van der Waals surface area contributed by atoms with Crippen LogP contribution < -0.4 is 4.90 Å². The number of benzene rings is 9.